The van der Waals surface area contributed by atoms with Crippen LogP contribution in [-0.2, 0) is 84.3 Å². The number of pyridine rings is 1. The number of anilines is 9. The molecule has 10 heterocycles. The number of aromatic nitrogens is 10. The van der Waals surface area contributed by atoms with Gasteiger partial charge >= 0.3 is 0 Å². The van der Waals surface area contributed by atoms with Crippen LogP contribution in [0.2, 0.25) is 0 Å². The second-order valence-electron chi connectivity index (χ2n) is 36.9. The molecule has 29 rings (SSSR count). The molecule has 0 bridgehead atoms. The van der Waals surface area contributed by atoms with Crippen molar-refractivity contribution in [2.24, 2.45) is 21.1 Å². The summed E-state index contributed by atoms with van der Waals surface area (Å²) in [4.78, 5) is 33.0. The summed E-state index contributed by atoms with van der Waals surface area (Å²) in [5, 5.41) is 11.7. The molecule has 26 aromatic rings. The molecule has 3 aliphatic heterocycles. The number of para-hydroxylation sites is 10. The van der Waals surface area contributed by atoms with Crippen LogP contribution in [0.25, 0.3) is 205 Å². The topological polar surface area (TPSA) is 101 Å². The third-order valence-electron chi connectivity index (χ3n) is 28.5. The van der Waals surface area contributed by atoms with Crippen molar-refractivity contribution in [3.05, 3.63) is 457 Å². The Hall–Kier alpha value is -16.5. The van der Waals surface area contributed by atoms with Gasteiger partial charge in [-0.25, -0.2) is 4.98 Å². The minimum atomic E-state index is 0. The fourth-order valence-electron chi connectivity index (χ4n) is 21.6. The Morgan fingerprint density at radius 3 is 1.10 bits per heavy atom. The number of rotatable bonds is 12. The van der Waals surface area contributed by atoms with Crippen LogP contribution in [0.1, 0.15) is 0 Å². The average molecular weight is 2420 g/mol. The molecule has 0 aliphatic carbocycles. The zero-order valence-corrected chi connectivity index (χ0v) is 86.8. The molecule has 16 nitrogen and oxygen atoms in total. The molecule has 0 fully saturated rings. The molecule has 0 saturated heterocycles. The molecule has 146 heavy (non-hydrogen) atoms. The summed E-state index contributed by atoms with van der Waals surface area (Å²) in [5.41, 5.74) is 34.7. The van der Waals surface area contributed by atoms with Gasteiger partial charge in [0, 0.05) is 136 Å². The zero-order valence-electron chi connectivity index (χ0n) is 79.9. The molecule has 0 amide bonds. The molecule has 19 aromatic carbocycles. The number of fused-ring (bicyclic) bond motifs is 17. The SMILES string of the molecule is CN1[CH-]N(c2[c-]c(-n3c4[c-]c(-c5nc6ccc(-c7ccccc7)cc6n5C)ccc4c4cccnc43)ccc2)c2ccccc21.CN1[CH-]N(c2[c-]c(-n3c4[c-]c(-c5nc6ccccc6n5C)ccc4c4cc(-c5cccc6ccccc56)ccc43)ccc2)c2ccccc21.CN1[CH-]N(c2[c-]c(-n3c4[c-]c(-c5nc6ccccc6n5C)ccc4c4ccc(-c5cccc6ccccc56)cc43)ccc2)c2ccccc21.[Pt].[Pt].[Pt]. The maximum atomic E-state index is 5.06. The van der Waals surface area contributed by atoms with Crippen molar-refractivity contribution in [3.8, 4) is 84.6 Å². The Kier molecular flexibility index (Phi) is 23.5. The number of benzene rings is 19. The first-order valence-electron chi connectivity index (χ1n) is 48.0. The number of nitrogens with zero attached hydrogens (tertiary/aromatic N) is 16. The fourth-order valence-corrected chi connectivity index (χ4v) is 21.6. The van der Waals surface area contributed by atoms with Gasteiger partial charge in [-0.1, -0.05) is 246 Å². The van der Waals surface area contributed by atoms with Crippen LogP contribution in [0, 0.1) is 56.4 Å². The van der Waals surface area contributed by atoms with Gasteiger partial charge in [-0.15, -0.1) is 143 Å². The van der Waals surface area contributed by atoms with Crippen LogP contribution < -0.4 is 29.4 Å². The maximum Gasteiger partial charge on any atom is 0.132 e. The third kappa shape index (κ3) is 15.4. The molecule has 0 saturated carbocycles. The van der Waals surface area contributed by atoms with Crippen LogP contribution in [0.15, 0.2) is 401 Å². The van der Waals surface area contributed by atoms with E-state index in [-0.39, 0.29) is 63.2 Å². The summed E-state index contributed by atoms with van der Waals surface area (Å²) in [6.45, 7) is 6.35. The predicted molar refractivity (Wildman–Crippen MR) is 587 cm³/mol. The third-order valence-corrected chi connectivity index (χ3v) is 28.5. The zero-order chi connectivity index (χ0) is 95.3. The molecule has 3 aliphatic rings. The first-order chi connectivity index (χ1) is 70.4. The average Bonchev–Trinajstić information content (AvgIpc) is 1.64. The van der Waals surface area contributed by atoms with E-state index in [1.54, 1.807) is 0 Å². The van der Waals surface area contributed by atoms with E-state index in [4.69, 9.17) is 19.9 Å². The van der Waals surface area contributed by atoms with Crippen LogP contribution in [0.4, 0.5) is 51.2 Å². The molecule has 7 aromatic heterocycles. The summed E-state index contributed by atoms with van der Waals surface area (Å²) in [6.07, 6.45) is 1.84. The monoisotopic (exact) mass is 2420 g/mol. The largest absolute Gasteiger partial charge is 0.504 e. The number of hydrogen-bond donors (Lipinski definition) is 0. The Labute approximate surface area is 887 Å². The van der Waals surface area contributed by atoms with Gasteiger partial charge in [-0.05, 0) is 200 Å². The quantitative estimate of drug-likeness (QED) is 0.110. The predicted octanol–water partition coefficient (Wildman–Crippen LogP) is 29.6. The fraction of sp³-hybridized carbons (Fsp3) is 0.0472. The minimum absolute atomic E-state index is 0. The van der Waals surface area contributed by atoms with Crippen LogP contribution in [-0.4, -0.2) is 68.5 Å². The molecule has 0 radical (unpaired) electrons. The van der Waals surface area contributed by atoms with E-state index in [1.165, 1.54) is 77.1 Å². The number of hydrogen-bond acceptors (Lipinski definition) is 10. The van der Waals surface area contributed by atoms with Crippen molar-refractivity contribution < 1.29 is 63.2 Å². The van der Waals surface area contributed by atoms with Crippen molar-refractivity contribution in [2.45, 2.75) is 0 Å². The first-order valence-corrected chi connectivity index (χ1v) is 48.0. The Morgan fingerprint density at radius 2 is 0.589 bits per heavy atom. The molecule has 0 unspecified atom stereocenters. The van der Waals surface area contributed by atoms with E-state index in [9.17, 15) is 0 Å². The minimum Gasteiger partial charge on any atom is -0.504 e. The second-order valence-corrected chi connectivity index (χ2v) is 36.9. The molecule has 714 valence electrons. The molecule has 0 atom stereocenters. The van der Waals surface area contributed by atoms with Gasteiger partial charge in [0.1, 0.15) is 5.65 Å². The summed E-state index contributed by atoms with van der Waals surface area (Å²) in [5.74, 6) is 2.65. The summed E-state index contributed by atoms with van der Waals surface area (Å²) >= 11 is 0. The standard InChI is InChI=1S/2C44H30N5.C39H27N6.3Pt/c1-46-28-48(42-20-8-7-19-41(42)46)32-13-10-14-33(27-32)49-39-24-22-30(35-16-9-12-29-11-3-4-15-34(29)35)25-37(39)36-23-21-31(26-43(36)49)44-45-38-17-5-6-18-40(38)47(44)2;1-46-28-48(41-20-8-7-19-40(41)46)32-13-10-14-33(27-32)49-42-25-30(35-16-9-12-29-11-3-4-15-34(29)35)21-23-36(42)37-24-22-31(26-43(37)49)44-45-38-17-5-6-18-39(38)47(44)2;1-42-25-44(35-16-7-6-15-34(35)42)29-12-8-13-30(24-29)45-36-23-28(17-19-31(36)32-14-9-21-40-39(32)45)38-41-33-20-18-27(22-37(33)43(38)2)26-10-4-3-5-11-26;;;/h2*3-25,28H,1-2H3;3-22,25H,1-2H3;;;/q3*-3;;;. The van der Waals surface area contributed by atoms with Gasteiger partial charge in [-0.3, -0.25) is 15.0 Å². The van der Waals surface area contributed by atoms with E-state index in [0.717, 1.165) is 179 Å². The van der Waals surface area contributed by atoms with E-state index < -0.39 is 0 Å². The molecule has 0 N–H and O–H groups in total. The van der Waals surface area contributed by atoms with Gasteiger partial charge in [0.05, 0.1) is 50.6 Å². The summed E-state index contributed by atoms with van der Waals surface area (Å²) < 4.78 is 13.3. The van der Waals surface area contributed by atoms with Gasteiger partial charge < -0.3 is 56.8 Å². The smallest absolute Gasteiger partial charge is 0.132 e. The van der Waals surface area contributed by atoms with Crippen molar-refractivity contribution in [1.29, 1.82) is 0 Å². The van der Waals surface area contributed by atoms with Crippen LogP contribution >= 0.6 is 0 Å². The summed E-state index contributed by atoms with van der Waals surface area (Å²) in [7, 11) is 12.5. The van der Waals surface area contributed by atoms with Crippen LogP contribution in [0.3, 0.4) is 0 Å². The van der Waals surface area contributed by atoms with Gasteiger partial charge in [0.2, 0.25) is 0 Å². The molecule has 0 spiro atoms. The van der Waals surface area contributed by atoms with Gasteiger partial charge in [0.15, 0.2) is 0 Å². The van der Waals surface area contributed by atoms with Crippen LogP contribution in [0.5, 0.6) is 0 Å². The second kappa shape index (κ2) is 37.4. The number of imidazole rings is 3. The van der Waals surface area contributed by atoms with E-state index in [2.05, 4.69) is 526 Å². The Bertz CT molecular complexity index is 9570. The van der Waals surface area contributed by atoms with E-state index >= 15 is 0 Å². The summed E-state index contributed by atoms with van der Waals surface area (Å²) in [6, 6.07) is 162. The first kappa shape index (κ1) is 92.0. The molecule has 19 heteroatoms. The molecular formula is C127H87N16Pt3-9. The maximum absolute atomic E-state index is 5.06. The molecular weight excluding hydrogens is 2330 g/mol. The van der Waals surface area contributed by atoms with E-state index in [1.807, 2.05) is 30.5 Å². The van der Waals surface area contributed by atoms with Crippen molar-refractivity contribution in [2.75, 3.05) is 50.5 Å². The van der Waals surface area contributed by atoms with Gasteiger partial charge in [0.25, 0.3) is 0 Å². The van der Waals surface area contributed by atoms with Crippen molar-refractivity contribution in [3.63, 3.8) is 0 Å². The van der Waals surface area contributed by atoms with E-state index in [0.29, 0.717) is 0 Å². The number of aryl methyl sites for hydroxylation is 3. The van der Waals surface area contributed by atoms with Crippen molar-refractivity contribution in [1.82, 2.24) is 47.3 Å². The Balaban J connectivity index is 0.000000116. The Morgan fingerprint density at radius 1 is 0.226 bits per heavy atom. The van der Waals surface area contributed by atoms with Crippen molar-refractivity contribution >= 4 is 171 Å². The van der Waals surface area contributed by atoms with Gasteiger partial charge in [-0.2, -0.15) is 38.2 Å². The normalized spacial score (nSPS) is 12.7.